The van der Waals surface area contributed by atoms with Gasteiger partial charge in [-0.25, -0.2) is 8.78 Å². The van der Waals surface area contributed by atoms with Crippen molar-refractivity contribution in [2.24, 2.45) is 0 Å². The molecule has 0 radical (unpaired) electrons. The molecule has 5 nitrogen and oxygen atoms in total. The maximum absolute atomic E-state index is 14.5. The first-order valence-electron chi connectivity index (χ1n) is 8.85. The van der Waals surface area contributed by atoms with E-state index in [1.165, 1.54) is 19.1 Å². The van der Waals surface area contributed by atoms with E-state index in [1.54, 1.807) is 36.4 Å². The van der Waals surface area contributed by atoms with Crippen molar-refractivity contribution in [3.8, 4) is 35.1 Å². The van der Waals surface area contributed by atoms with E-state index in [0.717, 1.165) is 0 Å². The van der Waals surface area contributed by atoms with Gasteiger partial charge in [0.1, 0.15) is 17.2 Å². The van der Waals surface area contributed by atoms with Crippen LogP contribution in [0.4, 0.5) is 8.78 Å². The molecule has 0 atom stereocenters. The molecule has 0 amide bonds. The molecule has 3 aromatic rings. The van der Waals surface area contributed by atoms with E-state index in [9.17, 15) is 8.78 Å². The molecule has 1 aromatic heterocycles. The number of rotatable bonds is 6. The molecule has 1 heterocycles. The Morgan fingerprint density at radius 2 is 1.45 bits per heavy atom. The van der Waals surface area contributed by atoms with Gasteiger partial charge in [-0.3, -0.25) is 0 Å². The average molecular weight is 396 g/mol. The lowest BCUT2D eigenvalue weighted by Gasteiger charge is -2.14. The lowest BCUT2D eigenvalue weighted by molar-refractivity contribution is 0.241. The lowest BCUT2D eigenvalue weighted by Crippen LogP contribution is -2.05. The third-order valence-electron chi connectivity index (χ3n) is 3.81. The van der Waals surface area contributed by atoms with Gasteiger partial charge in [0.25, 0.3) is 11.8 Å². The Bertz CT molecular complexity index is 1080. The molecule has 0 spiro atoms. The van der Waals surface area contributed by atoms with Crippen LogP contribution in [-0.2, 0) is 0 Å². The van der Waals surface area contributed by atoms with Crippen LogP contribution < -0.4 is 14.2 Å². The zero-order chi connectivity index (χ0) is 21.0. The summed E-state index contributed by atoms with van der Waals surface area (Å²) in [5.74, 6) is -1.76. The fourth-order valence-electron chi connectivity index (χ4n) is 2.48. The van der Waals surface area contributed by atoms with Crippen molar-refractivity contribution in [2.75, 3.05) is 0 Å². The molecule has 0 aliphatic heterocycles. The number of aromatic nitrogens is 1. The van der Waals surface area contributed by atoms with Crippen LogP contribution in [0.2, 0.25) is 0 Å². The van der Waals surface area contributed by atoms with Crippen LogP contribution in [0.1, 0.15) is 25.0 Å². The summed E-state index contributed by atoms with van der Waals surface area (Å²) in [7, 11) is 0. The Hall–Kier alpha value is -3.66. The van der Waals surface area contributed by atoms with Crippen LogP contribution in [0.15, 0.2) is 48.5 Å². The summed E-state index contributed by atoms with van der Waals surface area (Å²) in [4.78, 5) is 3.85. The van der Waals surface area contributed by atoms with Gasteiger partial charge in [-0.15, -0.1) is 0 Å². The highest BCUT2D eigenvalue weighted by molar-refractivity contribution is 5.41. The minimum absolute atomic E-state index is 0.0441. The predicted octanol–water partition coefficient (Wildman–Crippen LogP) is 5.91. The minimum Gasteiger partial charge on any atom is -0.491 e. The highest BCUT2D eigenvalue weighted by atomic mass is 19.1. The van der Waals surface area contributed by atoms with E-state index < -0.39 is 23.4 Å². The molecular weight excluding hydrogens is 378 g/mol. The standard InChI is InChI=1S/C22H18F2N2O3/c1-13(2)27-17-8-5-9-18(11-17)29-22-20(24)14(3)19(23)21(26-22)28-16-7-4-6-15(10-16)12-25/h4-11,13H,1-3H3. The molecule has 0 bridgehead atoms. The van der Waals surface area contributed by atoms with Crippen molar-refractivity contribution in [1.82, 2.24) is 4.98 Å². The molecule has 0 saturated heterocycles. The molecule has 29 heavy (non-hydrogen) atoms. The van der Waals surface area contributed by atoms with E-state index in [-0.39, 0.29) is 23.2 Å². The van der Waals surface area contributed by atoms with Gasteiger partial charge in [-0.2, -0.15) is 10.2 Å². The van der Waals surface area contributed by atoms with Crippen molar-refractivity contribution in [1.29, 1.82) is 5.26 Å². The average Bonchev–Trinajstić information content (AvgIpc) is 2.70. The van der Waals surface area contributed by atoms with Crippen LogP contribution in [-0.4, -0.2) is 11.1 Å². The summed E-state index contributed by atoms with van der Waals surface area (Å²) < 4.78 is 45.6. The second kappa shape index (κ2) is 8.57. The predicted molar refractivity (Wildman–Crippen MR) is 102 cm³/mol. The van der Waals surface area contributed by atoms with Gasteiger partial charge in [-0.1, -0.05) is 12.1 Å². The highest BCUT2D eigenvalue weighted by Crippen LogP contribution is 2.33. The van der Waals surface area contributed by atoms with Crippen molar-refractivity contribution in [3.63, 3.8) is 0 Å². The number of benzene rings is 2. The summed E-state index contributed by atoms with van der Waals surface area (Å²) in [5.41, 5.74) is 0.0382. The van der Waals surface area contributed by atoms with Gasteiger partial charge in [0.2, 0.25) is 0 Å². The third-order valence-corrected chi connectivity index (χ3v) is 3.81. The summed E-state index contributed by atoms with van der Waals surface area (Å²) >= 11 is 0. The lowest BCUT2D eigenvalue weighted by atomic mass is 10.2. The van der Waals surface area contributed by atoms with Crippen molar-refractivity contribution < 1.29 is 23.0 Å². The quantitative estimate of drug-likeness (QED) is 0.518. The molecule has 0 fully saturated rings. The number of hydrogen-bond acceptors (Lipinski definition) is 5. The van der Waals surface area contributed by atoms with Crippen LogP contribution in [0.25, 0.3) is 0 Å². The molecular formula is C22H18F2N2O3. The molecule has 3 rings (SSSR count). The first kappa shape index (κ1) is 20.1. The number of hydrogen-bond donors (Lipinski definition) is 0. The van der Waals surface area contributed by atoms with Gasteiger partial charge in [0, 0.05) is 11.6 Å². The largest absolute Gasteiger partial charge is 0.491 e. The molecule has 7 heteroatoms. The Balaban J connectivity index is 1.93. The van der Waals surface area contributed by atoms with Gasteiger partial charge >= 0.3 is 0 Å². The smallest absolute Gasteiger partial charge is 0.259 e. The fourth-order valence-corrected chi connectivity index (χ4v) is 2.48. The molecule has 0 saturated carbocycles. The van der Waals surface area contributed by atoms with Crippen LogP contribution in [0, 0.1) is 29.9 Å². The number of ether oxygens (including phenoxy) is 3. The fraction of sp³-hybridized carbons (Fsp3) is 0.182. The van der Waals surface area contributed by atoms with E-state index in [0.29, 0.717) is 11.3 Å². The zero-order valence-electron chi connectivity index (χ0n) is 16.1. The van der Waals surface area contributed by atoms with Crippen molar-refractivity contribution in [2.45, 2.75) is 26.9 Å². The minimum atomic E-state index is -0.950. The number of halogens is 2. The Labute approximate surface area is 167 Å². The molecule has 0 aliphatic carbocycles. The van der Waals surface area contributed by atoms with Gasteiger partial charge < -0.3 is 14.2 Å². The van der Waals surface area contributed by atoms with Crippen LogP contribution in [0.5, 0.6) is 29.0 Å². The third kappa shape index (κ3) is 4.79. The molecule has 0 aliphatic rings. The maximum Gasteiger partial charge on any atom is 0.259 e. The van der Waals surface area contributed by atoms with Gasteiger partial charge in [0.15, 0.2) is 11.6 Å². The van der Waals surface area contributed by atoms with E-state index >= 15 is 0 Å². The molecule has 2 aromatic carbocycles. The number of pyridine rings is 1. The van der Waals surface area contributed by atoms with Crippen LogP contribution >= 0.6 is 0 Å². The maximum atomic E-state index is 14.5. The van der Waals surface area contributed by atoms with Crippen molar-refractivity contribution >= 4 is 0 Å². The molecule has 148 valence electrons. The molecule has 0 N–H and O–H groups in total. The normalized spacial score (nSPS) is 10.5. The van der Waals surface area contributed by atoms with E-state index in [2.05, 4.69) is 4.98 Å². The van der Waals surface area contributed by atoms with Crippen molar-refractivity contribution in [3.05, 3.63) is 71.3 Å². The number of nitrogens with zero attached hydrogens (tertiary/aromatic N) is 2. The first-order chi connectivity index (χ1) is 13.9. The monoisotopic (exact) mass is 396 g/mol. The Morgan fingerprint density at radius 3 is 2.03 bits per heavy atom. The second-order valence-electron chi connectivity index (χ2n) is 6.46. The summed E-state index contributed by atoms with van der Waals surface area (Å²) in [6, 6.07) is 14.7. The van der Waals surface area contributed by atoms with E-state index in [1.807, 2.05) is 19.9 Å². The second-order valence-corrected chi connectivity index (χ2v) is 6.46. The summed E-state index contributed by atoms with van der Waals surface area (Å²) in [5, 5.41) is 8.97. The number of nitriles is 1. The van der Waals surface area contributed by atoms with Gasteiger partial charge in [-0.05, 0) is 51.1 Å². The molecule has 0 unspecified atom stereocenters. The Morgan fingerprint density at radius 1 is 0.897 bits per heavy atom. The first-order valence-corrected chi connectivity index (χ1v) is 8.85. The van der Waals surface area contributed by atoms with E-state index in [4.69, 9.17) is 19.5 Å². The summed E-state index contributed by atoms with van der Waals surface area (Å²) in [6.07, 6.45) is -0.0441. The SMILES string of the molecule is Cc1c(F)c(Oc2cccc(C#N)c2)nc(Oc2cccc(OC(C)C)c2)c1F. The summed E-state index contributed by atoms with van der Waals surface area (Å²) in [6.45, 7) is 5.02. The highest BCUT2D eigenvalue weighted by Gasteiger charge is 2.21. The zero-order valence-corrected chi connectivity index (χ0v) is 16.1. The van der Waals surface area contributed by atoms with Crippen LogP contribution in [0.3, 0.4) is 0 Å². The van der Waals surface area contributed by atoms with Gasteiger partial charge in [0.05, 0.1) is 17.7 Å². The Kier molecular flexibility index (Phi) is 5.93. The topological polar surface area (TPSA) is 64.4 Å².